The average Bonchev–Trinajstić information content (AvgIpc) is 3.13. The molecule has 0 radical (unpaired) electrons. The Labute approximate surface area is 200 Å². The van der Waals surface area contributed by atoms with E-state index in [1.165, 1.54) is 41.7 Å². The molecule has 0 bridgehead atoms. The van der Waals surface area contributed by atoms with E-state index in [0.29, 0.717) is 31.6 Å². The van der Waals surface area contributed by atoms with Gasteiger partial charge in [-0.2, -0.15) is 4.31 Å². The molecule has 184 valence electrons. The molecule has 0 unspecified atom stereocenters. The van der Waals surface area contributed by atoms with Crippen LogP contribution in [0.15, 0.2) is 47.4 Å². The molecule has 34 heavy (non-hydrogen) atoms. The largest absolute Gasteiger partial charge is 0.508 e. The van der Waals surface area contributed by atoms with Crippen molar-refractivity contribution in [3.63, 3.8) is 0 Å². The lowest BCUT2D eigenvalue weighted by molar-refractivity contribution is 0.0949. The molecule has 1 aliphatic heterocycles. The molecule has 2 aromatic rings. The zero-order valence-corrected chi connectivity index (χ0v) is 20.1. The first kappa shape index (κ1) is 25.5. The van der Waals surface area contributed by atoms with E-state index >= 15 is 0 Å². The highest BCUT2D eigenvalue weighted by atomic mass is 32.2. The third kappa shape index (κ3) is 6.48. The number of benzene rings is 2. The lowest BCUT2D eigenvalue weighted by Gasteiger charge is -2.20. The number of nitrogens with one attached hydrogen (secondary N) is 2. The van der Waals surface area contributed by atoms with Crippen molar-refractivity contribution in [3.05, 3.63) is 53.6 Å². The highest BCUT2D eigenvalue weighted by molar-refractivity contribution is 7.89. The first-order valence-electron chi connectivity index (χ1n) is 11.4. The van der Waals surface area contributed by atoms with Gasteiger partial charge in [0.15, 0.2) is 0 Å². The Morgan fingerprint density at radius 2 is 1.65 bits per heavy atom. The number of hydrogen-bond donors (Lipinski definition) is 3. The van der Waals surface area contributed by atoms with Gasteiger partial charge in [0.25, 0.3) is 11.8 Å². The molecule has 0 atom stereocenters. The number of nitrogens with zero attached hydrogens (tertiary/aromatic N) is 1. The Bertz CT molecular complexity index is 1110. The fourth-order valence-corrected chi connectivity index (χ4v) is 5.34. The van der Waals surface area contributed by atoms with Crippen molar-refractivity contribution in [2.45, 2.75) is 37.0 Å². The summed E-state index contributed by atoms with van der Waals surface area (Å²) >= 11 is 0. The Kier molecular flexibility index (Phi) is 8.89. The van der Waals surface area contributed by atoms with Gasteiger partial charge in [0.1, 0.15) is 11.5 Å². The number of phenols is 1. The van der Waals surface area contributed by atoms with Gasteiger partial charge in [0.2, 0.25) is 10.0 Å². The molecule has 1 saturated heterocycles. The Morgan fingerprint density at radius 3 is 2.29 bits per heavy atom. The van der Waals surface area contributed by atoms with Crippen LogP contribution in [0.4, 0.5) is 0 Å². The van der Waals surface area contributed by atoms with Gasteiger partial charge in [-0.1, -0.05) is 18.9 Å². The summed E-state index contributed by atoms with van der Waals surface area (Å²) in [4.78, 5) is 24.9. The molecule has 0 aliphatic carbocycles. The summed E-state index contributed by atoms with van der Waals surface area (Å²) < 4.78 is 33.0. The Hall–Kier alpha value is -3.11. The minimum absolute atomic E-state index is 0.00828. The standard InChI is InChI=1S/C24H31N3O6S/c1-33-22-11-10-20(34(31,32)27-14-4-2-3-5-15-27)17-21(22)24(30)26-13-7-12-25-23(29)18-8-6-9-19(28)16-18/h6,8-11,16-17,28H,2-5,7,12-15H2,1H3,(H,25,29)(H,26,30). The predicted octanol–water partition coefficient (Wildman–Crippen LogP) is 2.52. The zero-order valence-electron chi connectivity index (χ0n) is 19.2. The number of hydrogen-bond acceptors (Lipinski definition) is 6. The van der Waals surface area contributed by atoms with Gasteiger partial charge in [0.05, 0.1) is 17.6 Å². The SMILES string of the molecule is COc1ccc(S(=O)(=O)N2CCCCCC2)cc1C(=O)NCCCNC(=O)c1cccc(O)c1. The van der Waals surface area contributed by atoms with E-state index in [-0.39, 0.29) is 34.4 Å². The molecule has 1 heterocycles. The minimum Gasteiger partial charge on any atom is -0.508 e. The molecule has 1 aliphatic rings. The number of carbonyl (C=O) groups excluding carboxylic acids is 2. The van der Waals surface area contributed by atoms with Crippen LogP contribution < -0.4 is 15.4 Å². The van der Waals surface area contributed by atoms with Crippen molar-refractivity contribution >= 4 is 21.8 Å². The summed E-state index contributed by atoms with van der Waals surface area (Å²) in [6.45, 7) is 1.54. The number of amides is 2. The second-order valence-corrected chi connectivity index (χ2v) is 10.0. The second-order valence-electron chi connectivity index (χ2n) is 8.10. The third-order valence-electron chi connectivity index (χ3n) is 5.65. The molecule has 9 nitrogen and oxygen atoms in total. The van der Waals surface area contributed by atoms with Crippen LogP contribution in [0.25, 0.3) is 0 Å². The molecule has 0 aromatic heterocycles. The number of aromatic hydroxyl groups is 1. The van der Waals surface area contributed by atoms with Crippen molar-refractivity contribution in [1.29, 1.82) is 0 Å². The maximum Gasteiger partial charge on any atom is 0.255 e. The van der Waals surface area contributed by atoms with Crippen LogP contribution in [0.5, 0.6) is 11.5 Å². The van der Waals surface area contributed by atoms with Crippen molar-refractivity contribution in [2.75, 3.05) is 33.3 Å². The normalized spacial score (nSPS) is 14.7. The van der Waals surface area contributed by atoms with Crippen molar-refractivity contribution in [3.8, 4) is 11.5 Å². The fourth-order valence-electron chi connectivity index (χ4n) is 3.79. The topological polar surface area (TPSA) is 125 Å². The summed E-state index contributed by atoms with van der Waals surface area (Å²) in [7, 11) is -2.28. The molecule has 2 amide bonds. The van der Waals surface area contributed by atoms with E-state index in [2.05, 4.69) is 10.6 Å². The number of carbonyl (C=O) groups is 2. The van der Waals surface area contributed by atoms with Crippen LogP contribution in [0, 0.1) is 0 Å². The molecule has 0 spiro atoms. The van der Waals surface area contributed by atoms with Crippen LogP contribution in [0.3, 0.4) is 0 Å². The first-order chi connectivity index (χ1) is 16.3. The number of sulfonamides is 1. The number of rotatable bonds is 9. The molecule has 3 rings (SSSR count). The van der Waals surface area contributed by atoms with Crippen LogP contribution in [-0.2, 0) is 10.0 Å². The van der Waals surface area contributed by atoms with Crippen molar-refractivity contribution in [2.24, 2.45) is 0 Å². The smallest absolute Gasteiger partial charge is 0.255 e. The summed E-state index contributed by atoms with van der Waals surface area (Å²) in [5.74, 6) is -0.488. The molecular weight excluding hydrogens is 458 g/mol. The van der Waals surface area contributed by atoms with Gasteiger partial charge in [-0.25, -0.2) is 8.42 Å². The number of ether oxygens (including phenoxy) is 1. The van der Waals surface area contributed by atoms with Crippen molar-refractivity contribution in [1.82, 2.24) is 14.9 Å². The monoisotopic (exact) mass is 489 g/mol. The average molecular weight is 490 g/mol. The van der Waals surface area contributed by atoms with Crippen molar-refractivity contribution < 1.29 is 27.9 Å². The second kappa shape index (κ2) is 11.8. The van der Waals surface area contributed by atoms with E-state index in [4.69, 9.17) is 4.74 Å². The molecule has 0 saturated carbocycles. The molecule has 2 aromatic carbocycles. The number of methoxy groups -OCH3 is 1. The predicted molar refractivity (Wildman–Crippen MR) is 128 cm³/mol. The molecular formula is C24H31N3O6S. The quantitative estimate of drug-likeness (QED) is 0.465. The van der Waals surface area contributed by atoms with Gasteiger partial charge in [-0.05, 0) is 55.7 Å². The third-order valence-corrected chi connectivity index (χ3v) is 7.55. The first-order valence-corrected chi connectivity index (χ1v) is 12.8. The van der Waals surface area contributed by atoms with E-state index in [1.54, 1.807) is 12.1 Å². The number of phenolic OH excluding ortho intramolecular Hbond substituents is 1. The van der Waals surface area contributed by atoms with Gasteiger partial charge in [-0.3, -0.25) is 9.59 Å². The minimum atomic E-state index is -3.70. The Morgan fingerprint density at radius 1 is 0.971 bits per heavy atom. The molecule has 1 fully saturated rings. The highest BCUT2D eigenvalue weighted by Crippen LogP contribution is 2.26. The van der Waals surface area contributed by atoms with E-state index in [1.807, 2.05) is 0 Å². The summed E-state index contributed by atoms with van der Waals surface area (Å²) in [6, 6.07) is 10.3. The summed E-state index contributed by atoms with van der Waals surface area (Å²) in [6.07, 6.45) is 4.13. The lowest BCUT2D eigenvalue weighted by Crippen LogP contribution is -2.32. The van der Waals surface area contributed by atoms with E-state index in [9.17, 15) is 23.1 Å². The summed E-state index contributed by atoms with van der Waals surface area (Å²) in [5.41, 5.74) is 0.485. The van der Waals surface area contributed by atoms with E-state index < -0.39 is 15.9 Å². The van der Waals surface area contributed by atoms with Crippen LogP contribution in [-0.4, -0.2) is 62.9 Å². The van der Waals surface area contributed by atoms with Crippen LogP contribution >= 0.6 is 0 Å². The maximum atomic E-state index is 13.1. The molecule has 10 heteroatoms. The fraction of sp³-hybridized carbons (Fsp3) is 0.417. The lowest BCUT2D eigenvalue weighted by atomic mass is 10.2. The van der Waals surface area contributed by atoms with Crippen LogP contribution in [0.1, 0.15) is 52.8 Å². The highest BCUT2D eigenvalue weighted by Gasteiger charge is 2.27. The van der Waals surface area contributed by atoms with Crippen LogP contribution in [0.2, 0.25) is 0 Å². The van der Waals surface area contributed by atoms with Gasteiger partial charge in [-0.15, -0.1) is 0 Å². The van der Waals surface area contributed by atoms with E-state index in [0.717, 1.165) is 25.7 Å². The maximum absolute atomic E-state index is 13.1. The zero-order chi connectivity index (χ0) is 24.6. The van der Waals surface area contributed by atoms with Gasteiger partial charge in [0, 0.05) is 31.7 Å². The van der Waals surface area contributed by atoms with Gasteiger partial charge < -0.3 is 20.5 Å². The molecule has 3 N–H and O–H groups in total. The summed E-state index contributed by atoms with van der Waals surface area (Å²) in [5, 5.41) is 14.9. The van der Waals surface area contributed by atoms with Gasteiger partial charge >= 0.3 is 0 Å². The Balaban J connectivity index is 1.58.